The van der Waals surface area contributed by atoms with Gasteiger partial charge in [-0.25, -0.2) is 9.59 Å². The molecule has 1 aromatic heterocycles. The Hall–Kier alpha value is -5.49. The quantitative estimate of drug-likeness (QED) is 0.0162. The lowest BCUT2D eigenvalue weighted by Gasteiger charge is -2.39. The van der Waals surface area contributed by atoms with Crippen LogP contribution in [0.2, 0.25) is 0 Å². The fourth-order valence-corrected chi connectivity index (χ4v) is 6.65. The molecule has 2 aliphatic rings. The zero-order valence-corrected chi connectivity index (χ0v) is 30.1. The number of ketones is 2. The Labute approximate surface area is 308 Å². The van der Waals surface area contributed by atoms with Crippen LogP contribution in [0.15, 0.2) is 101 Å². The largest absolute Gasteiger partial charge is 0.457 e. The minimum absolute atomic E-state index is 0.00436. The molecule has 0 radical (unpaired) electrons. The van der Waals surface area contributed by atoms with Crippen LogP contribution in [0.25, 0.3) is 11.1 Å². The summed E-state index contributed by atoms with van der Waals surface area (Å²) in [6.45, 7) is 12.2. The monoisotopic (exact) mass is 718 g/mol. The summed E-state index contributed by atoms with van der Waals surface area (Å²) < 4.78 is 21.7. The molecule has 0 spiro atoms. The standard InChI is InChI=1S/C42H42N2O9/c1-5-7-20-50-26-35(43-53-41(48)36-9-8-21-51-36)39(46)28-12-10-27(11-13-28)38-31-16-14-29(40(47)42(3,4)44-18-22-49-23-19-44)24-33(31)34-25-30(15-17-32(34)38)52-37(45)6-2/h6,8-17,21,24-25,38H,2,5,7,18-20,22-23,26H2,1,3-4H3/b43-35+. The van der Waals surface area contributed by atoms with E-state index < -0.39 is 23.3 Å². The van der Waals surface area contributed by atoms with E-state index in [1.165, 1.54) is 12.3 Å². The highest BCUT2D eigenvalue weighted by Gasteiger charge is 2.38. The molecule has 6 rings (SSSR count). The summed E-state index contributed by atoms with van der Waals surface area (Å²) in [5.74, 6) is -1.80. The number of ether oxygens (including phenoxy) is 3. The Balaban J connectivity index is 1.31. The first-order valence-corrected chi connectivity index (χ1v) is 17.7. The lowest BCUT2D eigenvalue weighted by Crippen LogP contribution is -2.54. The number of carbonyl (C=O) groups is 4. The number of Topliss-reactive ketones (excluding diaryl/α,β-unsaturated/α-hetero) is 2. The maximum Gasteiger partial charge on any atom is 0.400 e. The molecule has 1 aliphatic heterocycles. The lowest BCUT2D eigenvalue weighted by atomic mass is 9.86. The van der Waals surface area contributed by atoms with E-state index in [9.17, 15) is 19.2 Å². The second-order valence-electron chi connectivity index (χ2n) is 13.3. The Morgan fingerprint density at radius 3 is 2.32 bits per heavy atom. The summed E-state index contributed by atoms with van der Waals surface area (Å²) in [6, 6.07) is 21.3. The van der Waals surface area contributed by atoms with Gasteiger partial charge in [0, 0.05) is 42.8 Å². The Bertz CT molecular complexity index is 2020. The van der Waals surface area contributed by atoms with E-state index >= 15 is 0 Å². The van der Waals surface area contributed by atoms with Gasteiger partial charge in [-0.15, -0.1) is 0 Å². The SMILES string of the molecule is C=CC(=O)Oc1ccc2c(c1)-c1cc(C(=O)C(C)(C)N3CCOCC3)ccc1C2c1ccc(C(=O)/C(COCCCC)=N/OC(=O)c2ccco2)cc1. The average molecular weight is 719 g/mol. The van der Waals surface area contributed by atoms with Gasteiger partial charge in [0.25, 0.3) is 0 Å². The van der Waals surface area contributed by atoms with Crippen LogP contribution in [-0.2, 0) is 19.1 Å². The number of hydrogen-bond acceptors (Lipinski definition) is 11. The van der Waals surface area contributed by atoms with E-state index in [-0.39, 0.29) is 29.8 Å². The fraction of sp³-hybridized carbons (Fsp3) is 0.310. The summed E-state index contributed by atoms with van der Waals surface area (Å²) in [4.78, 5) is 59.4. The van der Waals surface area contributed by atoms with Gasteiger partial charge in [-0.3, -0.25) is 14.5 Å². The minimum atomic E-state index is -0.834. The van der Waals surface area contributed by atoms with Crippen LogP contribution in [-0.4, -0.2) is 79.2 Å². The van der Waals surface area contributed by atoms with Crippen molar-refractivity contribution in [2.75, 3.05) is 39.5 Å². The van der Waals surface area contributed by atoms with E-state index in [0.717, 1.165) is 46.7 Å². The van der Waals surface area contributed by atoms with Crippen LogP contribution >= 0.6 is 0 Å². The third kappa shape index (κ3) is 8.12. The van der Waals surface area contributed by atoms with Crippen molar-refractivity contribution in [1.82, 2.24) is 4.90 Å². The number of furan rings is 1. The Morgan fingerprint density at radius 2 is 1.64 bits per heavy atom. The molecule has 11 heteroatoms. The van der Waals surface area contributed by atoms with Crippen LogP contribution in [0.1, 0.15) is 87.5 Å². The van der Waals surface area contributed by atoms with Gasteiger partial charge in [-0.1, -0.05) is 67.5 Å². The van der Waals surface area contributed by atoms with Crippen molar-refractivity contribution in [1.29, 1.82) is 0 Å². The zero-order chi connectivity index (χ0) is 37.5. The molecule has 4 aromatic rings. The van der Waals surface area contributed by atoms with E-state index in [4.69, 9.17) is 23.5 Å². The Morgan fingerprint density at radius 1 is 0.943 bits per heavy atom. The summed E-state index contributed by atoms with van der Waals surface area (Å²) in [6.07, 6.45) is 4.15. The molecule has 1 saturated heterocycles. The average Bonchev–Trinajstić information content (AvgIpc) is 3.84. The smallest absolute Gasteiger partial charge is 0.400 e. The Kier molecular flexibility index (Phi) is 11.6. The van der Waals surface area contributed by atoms with Crippen LogP contribution in [0.4, 0.5) is 0 Å². The predicted molar refractivity (Wildman–Crippen MR) is 198 cm³/mol. The number of hydrogen-bond donors (Lipinski definition) is 0. The normalized spacial score (nSPS) is 15.7. The third-order valence-corrected chi connectivity index (χ3v) is 9.61. The molecule has 274 valence electrons. The summed E-state index contributed by atoms with van der Waals surface area (Å²) >= 11 is 0. The molecule has 0 bridgehead atoms. The van der Waals surface area contributed by atoms with Crippen LogP contribution < -0.4 is 4.74 Å². The number of unbranched alkanes of at least 4 members (excludes halogenated alkanes) is 1. The minimum Gasteiger partial charge on any atom is -0.457 e. The molecule has 0 N–H and O–H groups in total. The summed E-state index contributed by atoms with van der Waals surface area (Å²) in [5.41, 5.74) is 4.57. The maximum absolute atomic E-state index is 14.0. The molecule has 3 aromatic carbocycles. The molecule has 2 heterocycles. The first kappa shape index (κ1) is 37.3. The number of morpholine rings is 1. The van der Waals surface area contributed by atoms with Crippen molar-refractivity contribution in [2.45, 2.75) is 45.1 Å². The number of benzene rings is 3. The first-order valence-electron chi connectivity index (χ1n) is 17.7. The highest BCUT2D eigenvalue weighted by Crippen LogP contribution is 2.49. The van der Waals surface area contributed by atoms with Crippen LogP contribution in [0.3, 0.4) is 0 Å². The number of oxime groups is 1. The molecule has 1 fully saturated rings. The first-order chi connectivity index (χ1) is 25.6. The van der Waals surface area contributed by atoms with Crippen molar-refractivity contribution in [3.05, 3.63) is 125 Å². The van der Waals surface area contributed by atoms with Gasteiger partial charge < -0.3 is 23.5 Å². The van der Waals surface area contributed by atoms with Crippen molar-refractivity contribution in [3.63, 3.8) is 0 Å². The van der Waals surface area contributed by atoms with E-state index in [0.29, 0.717) is 49.8 Å². The molecule has 11 nitrogen and oxygen atoms in total. The lowest BCUT2D eigenvalue weighted by molar-refractivity contribution is -0.128. The highest BCUT2D eigenvalue weighted by atomic mass is 16.7. The number of nitrogens with zero attached hydrogens (tertiary/aromatic N) is 2. The molecular weight excluding hydrogens is 676 g/mol. The molecule has 1 unspecified atom stereocenters. The van der Waals surface area contributed by atoms with Crippen molar-refractivity contribution in [2.24, 2.45) is 5.16 Å². The van der Waals surface area contributed by atoms with Crippen molar-refractivity contribution < 1.29 is 42.6 Å². The van der Waals surface area contributed by atoms with Crippen molar-refractivity contribution >= 4 is 29.2 Å². The molecule has 0 amide bonds. The highest BCUT2D eigenvalue weighted by molar-refractivity contribution is 6.46. The topological polar surface area (TPSA) is 134 Å². The molecule has 1 aliphatic carbocycles. The number of fused-ring (bicyclic) bond motifs is 3. The fourth-order valence-electron chi connectivity index (χ4n) is 6.65. The van der Waals surface area contributed by atoms with Gasteiger partial charge in [-0.05, 0) is 78.4 Å². The van der Waals surface area contributed by atoms with Gasteiger partial charge >= 0.3 is 11.9 Å². The summed E-state index contributed by atoms with van der Waals surface area (Å²) in [7, 11) is 0. The maximum atomic E-state index is 14.0. The van der Waals surface area contributed by atoms with Crippen LogP contribution in [0.5, 0.6) is 5.75 Å². The molecular formula is C42H42N2O9. The molecule has 53 heavy (non-hydrogen) atoms. The molecule has 0 saturated carbocycles. The number of rotatable bonds is 15. The number of carbonyl (C=O) groups excluding carboxylic acids is 4. The van der Waals surface area contributed by atoms with E-state index in [2.05, 4.69) is 16.6 Å². The number of esters is 1. The van der Waals surface area contributed by atoms with Crippen molar-refractivity contribution in [3.8, 4) is 16.9 Å². The summed E-state index contributed by atoms with van der Waals surface area (Å²) in [5, 5.41) is 3.87. The third-order valence-electron chi connectivity index (χ3n) is 9.61. The van der Waals surface area contributed by atoms with E-state index in [1.807, 2.05) is 57.2 Å². The molecule has 1 atom stereocenters. The van der Waals surface area contributed by atoms with Gasteiger partial charge in [0.1, 0.15) is 5.75 Å². The predicted octanol–water partition coefficient (Wildman–Crippen LogP) is 7.04. The van der Waals surface area contributed by atoms with Gasteiger partial charge in [0.15, 0.2) is 11.5 Å². The zero-order valence-electron chi connectivity index (χ0n) is 30.1. The van der Waals surface area contributed by atoms with E-state index in [1.54, 1.807) is 30.3 Å². The van der Waals surface area contributed by atoms with Gasteiger partial charge in [0.2, 0.25) is 11.5 Å². The van der Waals surface area contributed by atoms with Crippen LogP contribution in [0, 0.1) is 0 Å². The van der Waals surface area contributed by atoms with Gasteiger partial charge in [0.05, 0.1) is 31.6 Å². The second kappa shape index (κ2) is 16.5. The van der Waals surface area contributed by atoms with Gasteiger partial charge in [-0.2, -0.15) is 0 Å². The second-order valence-corrected chi connectivity index (χ2v) is 13.3.